The fraction of sp³-hybridized carbons (Fsp3) is 0.400. The van der Waals surface area contributed by atoms with Crippen molar-refractivity contribution in [1.29, 1.82) is 0 Å². The number of hydrogen-bond donors (Lipinski definition) is 3. The fourth-order valence-corrected chi connectivity index (χ4v) is 1.78. The summed E-state index contributed by atoms with van der Waals surface area (Å²) in [6.45, 7) is 0. The predicted molar refractivity (Wildman–Crippen MR) is 65.9 cm³/mol. The van der Waals surface area contributed by atoms with Crippen LogP contribution >= 0.6 is 35.8 Å². The molecule has 0 aromatic heterocycles. The van der Waals surface area contributed by atoms with E-state index in [1.807, 2.05) is 0 Å². The second-order valence-electron chi connectivity index (χ2n) is 3.20. The molecule has 0 bridgehead atoms. The van der Waals surface area contributed by atoms with E-state index in [-0.39, 0.29) is 0 Å². The summed E-state index contributed by atoms with van der Waals surface area (Å²) < 4.78 is 0. The molecule has 1 rings (SSSR count). The van der Waals surface area contributed by atoms with Gasteiger partial charge in [-0.15, -0.1) is 0 Å². The zero-order valence-electron chi connectivity index (χ0n) is 7.90. The van der Waals surface area contributed by atoms with Crippen molar-refractivity contribution >= 4 is 35.8 Å². The van der Waals surface area contributed by atoms with Crippen LogP contribution < -0.4 is 0 Å². The Balaban J connectivity index is 2.81. The van der Waals surface area contributed by atoms with E-state index in [9.17, 15) is 10.2 Å². The van der Waals surface area contributed by atoms with Crippen LogP contribution in [-0.2, 0) is 0 Å². The minimum absolute atomic E-state index is 0.367. The van der Waals surface area contributed by atoms with E-state index in [1.54, 1.807) is 18.2 Å². The Bertz CT molecular complexity index is 333. The average molecular weight is 267 g/mol. The van der Waals surface area contributed by atoms with Crippen LogP contribution in [0.4, 0.5) is 0 Å². The number of aliphatic hydroxyl groups is 2. The Kier molecular flexibility index (Phi) is 5.23. The molecule has 15 heavy (non-hydrogen) atoms. The van der Waals surface area contributed by atoms with Crippen LogP contribution in [0.3, 0.4) is 0 Å². The van der Waals surface area contributed by atoms with Gasteiger partial charge in [0.2, 0.25) is 0 Å². The lowest BCUT2D eigenvalue weighted by Crippen LogP contribution is -2.18. The van der Waals surface area contributed by atoms with Crippen LogP contribution in [-0.4, -0.2) is 22.1 Å². The van der Waals surface area contributed by atoms with E-state index in [0.29, 0.717) is 27.8 Å². The largest absolute Gasteiger partial charge is 0.390 e. The van der Waals surface area contributed by atoms with Crippen LogP contribution in [0, 0.1) is 0 Å². The molecule has 0 fully saturated rings. The van der Waals surface area contributed by atoms with Gasteiger partial charge >= 0.3 is 0 Å². The molecule has 0 spiro atoms. The lowest BCUT2D eigenvalue weighted by atomic mass is 10.0. The first-order chi connectivity index (χ1) is 7.06. The van der Waals surface area contributed by atoms with Crippen molar-refractivity contribution in [2.45, 2.75) is 18.6 Å². The molecule has 2 N–H and O–H groups in total. The van der Waals surface area contributed by atoms with Gasteiger partial charge in [-0.25, -0.2) is 0 Å². The number of halogens is 2. The highest BCUT2D eigenvalue weighted by Crippen LogP contribution is 2.27. The summed E-state index contributed by atoms with van der Waals surface area (Å²) in [4.78, 5) is 0. The first kappa shape index (κ1) is 13.1. The Morgan fingerprint density at radius 1 is 1.20 bits per heavy atom. The zero-order chi connectivity index (χ0) is 11.4. The molecule has 0 heterocycles. The van der Waals surface area contributed by atoms with Crippen molar-refractivity contribution in [3.8, 4) is 0 Å². The van der Waals surface area contributed by atoms with Crippen molar-refractivity contribution in [2.75, 3.05) is 5.75 Å². The average Bonchev–Trinajstić information content (AvgIpc) is 2.21. The zero-order valence-corrected chi connectivity index (χ0v) is 10.3. The molecule has 0 saturated carbocycles. The van der Waals surface area contributed by atoms with Crippen LogP contribution in [0.2, 0.25) is 10.0 Å². The van der Waals surface area contributed by atoms with E-state index in [4.69, 9.17) is 23.2 Å². The minimum atomic E-state index is -0.952. The lowest BCUT2D eigenvalue weighted by Gasteiger charge is -2.17. The van der Waals surface area contributed by atoms with Gasteiger partial charge in [0, 0.05) is 0 Å². The van der Waals surface area contributed by atoms with Gasteiger partial charge in [0.15, 0.2) is 0 Å². The standard InChI is InChI=1S/C10H12Cl2O2S/c11-7-2-1-6(5-8(7)12)10(14)9(13)3-4-15/h1-2,5,9-10,13-15H,3-4H2. The number of benzene rings is 1. The highest BCUT2D eigenvalue weighted by molar-refractivity contribution is 7.80. The van der Waals surface area contributed by atoms with Crippen LogP contribution in [0.25, 0.3) is 0 Å². The molecule has 2 atom stereocenters. The topological polar surface area (TPSA) is 40.5 Å². The van der Waals surface area contributed by atoms with E-state index in [1.165, 1.54) is 0 Å². The summed E-state index contributed by atoms with van der Waals surface area (Å²) >= 11 is 15.5. The SMILES string of the molecule is OC(CCS)C(O)c1ccc(Cl)c(Cl)c1. The normalized spacial score (nSPS) is 15.0. The molecular weight excluding hydrogens is 255 g/mol. The van der Waals surface area contributed by atoms with E-state index < -0.39 is 12.2 Å². The van der Waals surface area contributed by atoms with Crippen molar-refractivity contribution in [3.05, 3.63) is 33.8 Å². The molecular formula is C10H12Cl2O2S. The first-order valence-electron chi connectivity index (χ1n) is 4.48. The number of hydrogen-bond acceptors (Lipinski definition) is 3. The van der Waals surface area contributed by atoms with Crippen molar-refractivity contribution < 1.29 is 10.2 Å². The summed E-state index contributed by atoms with van der Waals surface area (Å²) in [6.07, 6.45) is -1.36. The summed E-state index contributed by atoms with van der Waals surface area (Å²) in [5.74, 6) is 0.513. The van der Waals surface area contributed by atoms with Crippen molar-refractivity contribution in [2.24, 2.45) is 0 Å². The van der Waals surface area contributed by atoms with Gasteiger partial charge in [0.1, 0.15) is 6.10 Å². The lowest BCUT2D eigenvalue weighted by molar-refractivity contribution is 0.0172. The van der Waals surface area contributed by atoms with Gasteiger partial charge in [-0.2, -0.15) is 12.6 Å². The molecule has 0 aliphatic carbocycles. The Morgan fingerprint density at radius 2 is 1.87 bits per heavy atom. The third-order valence-corrected chi connectivity index (χ3v) is 3.07. The maximum Gasteiger partial charge on any atom is 0.105 e. The van der Waals surface area contributed by atoms with Crippen molar-refractivity contribution in [3.63, 3.8) is 0 Å². The molecule has 0 radical (unpaired) electrons. The summed E-state index contributed by atoms with van der Waals surface area (Å²) in [5, 5.41) is 20.1. The number of thiol groups is 1. The van der Waals surface area contributed by atoms with Crippen LogP contribution in [0.15, 0.2) is 18.2 Å². The third-order valence-electron chi connectivity index (χ3n) is 2.07. The predicted octanol–water partition coefficient (Wildman–Crippen LogP) is 2.71. The summed E-state index contributed by atoms with van der Waals surface area (Å²) in [5.41, 5.74) is 0.554. The molecule has 84 valence electrons. The van der Waals surface area contributed by atoms with Gasteiger partial charge in [0.25, 0.3) is 0 Å². The molecule has 0 amide bonds. The van der Waals surface area contributed by atoms with Gasteiger partial charge in [0.05, 0.1) is 16.1 Å². The molecule has 0 aliphatic heterocycles. The van der Waals surface area contributed by atoms with Gasteiger partial charge in [-0.3, -0.25) is 0 Å². The Hall–Kier alpha value is 0.0700. The quantitative estimate of drug-likeness (QED) is 0.734. The molecule has 1 aromatic rings. The van der Waals surface area contributed by atoms with Gasteiger partial charge in [-0.1, -0.05) is 29.3 Å². The molecule has 5 heteroatoms. The highest BCUT2D eigenvalue weighted by atomic mass is 35.5. The minimum Gasteiger partial charge on any atom is -0.390 e. The van der Waals surface area contributed by atoms with Crippen LogP contribution in [0.5, 0.6) is 0 Å². The Morgan fingerprint density at radius 3 is 2.40 bits per heavy atom. The Labute approximate surface area is 104 Å². The molecule has 0 saturated heterocycles. The van der Waals surface area contributed by atoms with Gasteiger partial charge in [-0.05, 0) is 29.9 Å². The van der Waals surface area contributed by atoms with E-state index >= 15 is 0 Å². The second kappa shape index (κ2) is 5.97. The summed E-state index contributed by atoms with van der Waals surface area (Å²) in [6, 6.07) is 4.78. The number of rotatable bonds is 4. The fourth-order valence-electron chi connectivity index (χ4n) is 1.21. The number of aliphatic hydroxyl groups excluding tert-OH is 2. The van der Waals surface area contributed by atoms with Crippen molar-refractivity contribution in [1.82, 2.24) is 0 Å². The molecule has 2 unspecified atom stereocenters. The smallest absolute Gasteiger partial charge is 0.105 e. The second-order valence-corrected chi connectivity index (χ2v) is 4.46. The molecule has 1 aromatic carbocycles. The maximum atomic E-state index is 9.75. The van der Waals surface area contributed by atoms with Gasteiger partial charge < -0.3 is 10.2 Å². The summed E-state index contributed by atoms with van der Waals surface area (Å²) in [7, 11) is 0. The van der Waals surface area contributed by atoms with Crippen LogP contribution in [0.1, 0.15) is 18.1 Å². The van der Waals surface area contributed by atoms with E-state index in [2.05, 4.69) is 12.6 Å². The van der Waals surface area contributed by atoms with E-state index in [0.717, 1.165) is 0 Å². The molecule has 2 nitrogen and oxygen atoms in total. The maximum absolute atomic E-state index is 9.75. The first-order valence-corrected chi connectivity index (χ1v) is 5.87. The highest BCUT2D eigenvalue weighted by Gasteiger charge is 2.18. The monoisotopic (exact) mass is 266 g/mol. The molecule has 0 aliphatic rings. The third kappa shape index (κ3) is 3.54.